The summed E-state index contributed by atoms with van der Waals surface area (Å²) in [6.45, 7) is 1.97. The number of nitrogens with zero attached hydrogens (tertiary/aromatic N) is 1. The number of ether oxygens (including phenoxy) is 1. The molecule has 1 N–H and O–H groups in total. The van der Waals surface area contributed by atoms with Gasteiger partial charge in [0.25, 0.3) is 0 Å². The van der Waals surface area contributed by atoms with E-state index in [1.165, 1.54) is 0 Å². The summed E-state index contributed by atoms with van der Waals surface area (Å²) in [5, 5.41) is 14.1. The molecule has 1 aliphatic heterocycles. The maximum absolute atomic E-state index is 12.6. The predicted octanol–water partition coefficient (Wildman–Crippen LogP) is 2.99. The minimum Gasteiger partial charge on any atom is -0.487 e. The summed E-state index contributed by atoms with van der Waals surface area (Å²) >= 11 is 0. The SMILES string of the molecule is O=[N+]([O-])c1cc(C(F)(F)F)ccc1OCC1CCNCC1. The third-order valence-corrected chi connectivity index (χ3v) is 3.42. The minimum absolute atomic E-state index is 0.119. The Morgan fingerprint density at radius 2 is 2.00 bits per heavy atom. The first-order chi connectivity index (χ1) is 9.88. The van der Waals surface area contributed by atoms with Crippen LogP contribution in [-0.4, -0.2) is 24.6 Å². The lowest BCUT2D eigenvalue weighted by atomic mass is 9.99. The van der Waals surface area contributed by atoms with E-state index in [0.717, 1.165) is 38.1 Å². The quantitative estimate of drug-likeness (QED) is 0.686. The summed E-state index contributed by atoms with van der Waals surface area (Å²) in [7, 11) is 0. The van der Waals surface area contributed by atoms with E-state index in [4.69, 9.17) is 4.74 Å². The molecule has 5 nitrogen and oxygen atoms in total. The van der Waals surface area contributed by atoms with Crippen LogP contribution in [0.15, 0.2) is 18.2 Å². The third-order valence-electron chi connectivity index (χ3n) is 3.42. The minimum atomic E-state index is -4.61. The zero-order valence-electron chi connectivity index (χ0n) is 11.2. The van der Waals surface area contributed by atoms with Gasteiger partial charge in [0.15, 0.2) is 5.75 Å². The van der Waals surface area contributed by atoms with Gasteiger partial charge in [-0.2, -0.15) is 13.2 Å². The monoisotopic (exact) mass is 304 g/mol. The van der Waals surface area contributed by atoms with Gasteiger partial charge in [-0.05, 0) is 44.0 Å². The number of hydrogen-bond donors (Lipinski definition) is 1. The predicted molar refractivity (Wildman–Crippen MR) is 69.2 cm³/mol. The summed E-state index contributed by atoms with van der Waals surface area (Å²) < 4.78 is 43.1. The lowest BCUT2D eigenvalue weighted by molar-refractivity contribution is -0.386. The molecule has 1 saturated heterocycles. The Hall–Kier alpha value is -1.83. The van der Waals surface area contributed by atoms with E-state index >= 15 is 0 Å². The second kappa shape index (κ2) is 6.30. The van der Waals surface area contributed by atoms with Gasteiger partial charge in [0.1, 0.15) is 0 Å². The van der Waals surface area contributed by atoms with Crippen molar-refractivity contribution in [2.45, 2.75) is 19.0 Å². The van der Waals surface area contributed by atoms with E-state index in [9.17, 15) is 23.3 Å². The number of nitro groups is 1. The third kappa shape index (κ3) is 4.07. The Bertz CT molecular complexity index is 514. The van der Waals surface area contributed by atoms with Gasteiger partial charge in [-0.1, -0.05) is 0 Å². The molecule has 1 aliphatic rings. The molecule has 0 amide bonds. The molecule has 116 valence electrons. The molecule has 0 bridgehead atoms. The van der Waals surface area contributed by atoms with E-state index in [2.05, 4.69) is 5.32 Å². The van der Waals surface area contributed by atoms with E-state index in [0.29, 0.717) is 6.07 Å². The molecule has 0 aliphatic carbocycles. The Morgan fingerprint density at radius 3 is 2.57 bits per heavy atom. The van der Waals surface area contributed by atoms with Gasteiger partial charge in [-0.25, -0.2) is 0 Å². The Kier molecular flexibility index (Phi) is 4.66. The fraction of sp³-hybridized carbons (Fsp3) is 0.538. The standard InChI is InChI=1S/C13H15F3N2O3/c14-13(15,16)10-1-2-12(11(7-10)18(19)20)21-8-9-3-5-17-6-4-9/h1-2,7,9,17H,3-6,8H2. The van der Waals surface area contributed by atoms with Crippen molar-refractivity contribution >= 4 is 5.69 Å². The van der Waals surface area contributed by atoms with Crippen molar-refractivity contribution in [3.63, 3.8) is 0 Å². The van der Waals surface area contributed by atoms with Gasteiger partial charge in [-0.3, -0.25) is 10.1 Å². The van der Waals surface area contributed by atoms with Crippen LogP contribution in [0.2, 0.25) is 0 Å². The number of rotatable bonds is 4. The summed E-state index contributed by atoms with van der Waals surface area (Å²) in [6.07, 6.45) is -2.85. The zero-order valence-corrected chi connectivity index (χ0v) is 11.2. The van der Waals surface area contributed by atoms with Crippen molar-refractivity contribution in [3.8, 4) is 5.75 Å². The molecule has 21 heavy (non-hydrogen) atoms. The van der Waals surface area contributed by atoms with Gasteiger partial charge in [0.2, 0.25) is 0 Å². The van der Waals surface area contributed by atoms with E-state index in [1.807, 2.05) is 0 Å². The molecule has 1 heterocycles. The smallest absolute Gasteiger partial charge is 0.416 e. The number of nitrogens with one attached hydrogen (secondary N) is 1. The molecule has 0 saturated carbocycles. The van der Waals surface area contributed by atoms with Gasteiger partial charge < -0.3 is 10.1 Å². The first-order valence-electron chi connectivity index (χ1n) is 6.57. The molecule has 1 aromatic carbocycles. The second-order valence-corrected chi connectivity index (χ2v) is 4.94. The molecule has 8 heteroatoms. The largest absolute Gasteiger partial charge is 0.487 e. The second-order valence-electron chi connectivity index (χ2n) is 4.94. The first kappa shape index (κ1) is 15.6. The molecule has 1 aromatic rings. The molecule has 1 fully saturated rings. The first-order valence-corrected chi connectivity index (χ1v) is 6.57. The van der Waals surface area contributed by atoms with Crippen molar-refractivity contribution in [2.24, 2.45) is 5.92 Å². The molecule has 0 unspecified atom stereocenters. The zero-order chi connectivity index (χ0) is 15.5. The van der Waals surface area contributed by atoms with Crippen LogP contribution in [0.25, 0.3) is 0 Å². The molecule has 0 radical (unpaired) electrons. The lowest BCUT2D eigenvalue weighted by Crippen LogP contribution is -2.30. The molecular weight excluding hydrogens is 289 g/mol. The van der Waals surface area contributed by atoms with Crippen LogP contribution in [0.5, 0.6) is 5.75 Å². The van der Waals surface area contributed by atoms with E-state index < -0.39 is 22.4 Å². The molecule has 0 spiro atoms. The number of halogens is 3. The van der Waals surface area contributed by atoms with Crippen LogP contribution in [-0.2, 0) is 6.18 Å². The van der Waals surface area contributed by atoms with Crippen LogP contribution in [0.3, 0.4) is 0 Å². The van der Waals surface area contributed by atoms with Crippen LogP contribution < -0.4 is 10.1 Å². The van der Waals surface area contributed by atoms with Gasteiger partial charge >= 0.3 is 11.9 Å². The van der Waals surface area contributed by atoms with Crippen LogP contribution >= 0.6 is 0 Å². The maximum Gasteiger partial charge on any atom is 0.416 e. The molecular formula is C13H15F3N2O3. The normalized spacial score (nSPS) is 16.7. The van der Waals surface area contributed by atoms with Crippen molar-refractivity contribution < 1.29 is 22.8 Å². The number of hydrogen-bond acceptors (Lipinski definition) is 4. The number of alkyl halides is 3. The highest BCUT2D eigenvalue weighted by Crippen LogP contribution is 2.36. The fourth-order valence-corrected chi connectivity index (χ4v) is 2.21. The average molecular weight is 304 g/mol. The molecule has 0 atom stereocenters. The van der Waals surface area contributed by atoms with Crippen LogP contribution in [0.4, 0.5) is 18.9 Å². The van der Waals surface area contributed by atoms with Gasteiger partial charge in [0, 0.05) is 6.07 Å². The van der Waals surface area contributed by atoms with E-state index in [-0.39, 0.29) is 18.3 Å². The van der Waals surface area contributed by atoms with Crippen LogP contribution in [0, 0.1) is 16.0 Å². The van der Waals surface area contributed by atoms with Crippen molar-refractivity contribution in [2.75, 3.05) is 19.7 Å². The topological polar surface area (TPSA) is 64.4 Å². The van der Waals surface area contributed by atoms with Gasteiger partial charge in [0.05, 0.1) is 17.1 Å². The van der Waals surface area contributed by atoms with Crippen LogP contribution in [0.1, 0.15) is 18.4 Å². The van der Waals surface area contributed by atoms with Crippen molar-refractivity contribution in [1.82, 2.24) is 5.32 Å². The number of benzene rings is 1. The van der Waals surface area contributed by atoms with E-state index in [1.54, 1.807) is 0 Å². The van der Waals surface area contributed by atoms with Gasteiger partial charge in [-0.15, -0.1) is 0 Å². The average Bonchev–Trinajstić information content (AvgIpc) is 2.45. The fourth-order valence-electron chi connectivity index (χ4n) is 2.21. The van der Waals surface area contributed by atoms with Crippen molar-refractivity contribution in [3.05, 3.63) is 33.9 Å². The lowest BCUT2D eigenvalue weighted by Gasteiger charge is -2.22. The summed E-state index contributed by atoms with van der Waals surface area (Å²) in [5.74, 6) is 0.139. The number of piperidine rings is 1. The van der Waals surface area contributed by atoms with Crippen molar-refractivity contribution in [1.29, 1.82) is 0 Å². The highest BCUT2D eigenvalue weighted by molar-refractivity contribution is 5.49. The summed E-state index contributed by atoms with van der Waals surface area (Å²) in [4.78, 5) is 10.0. The molecule has 2 rings (SSSR count). The molecule has 0 aromatic heterocycles. The maximum atomic E-state index is 12.6. The summed E-state index contributed by atoms with van der Waals surface area (Å²) in [5.41, 5.74) is -1.71. The highest BCUT2D eigenvalue weighted by Gasteiger charge is 2.33. The summed E-state index contributed by atoms with van der Waals surface area (Å²) in [6, 6.07) is 2.32. The Balaban J connectivity index is 2.12. The Morgan fingerprint density at radius 1 is 1.33 bits per heavy atom. The Labute approximate surface area is 119 Å². The highest BCUT2D eigenvalue weighted by atomic mass is 19.4. The number of nitro benzene ring substituents is 1.